The molecule has 0 spiro atoms. The highest BCUT2D eigenvalue weighted by Crippen LogP contribution is 2.24. The van der Waals surface area contributed by atoms with E-state index in [0.717, 1.165) is 19.4 Å². The van der Waals surface area contributed by atoms with Gasteiger partial charge in [0.15, 0.2) is 11.6 Å². The Kier molecular flexibility index (Phi) is 4.83. The molecule has 2 N–H and O–H groups in total. The van der Waals surface area contributed by atoms with E-state index in [0.29, 0.717) is 17.9 Å². The fourth-order valence-corrected chi connectivity index (χ4v) is 2.49. The molecule has 1 aromatic heterocycles. The van der Waals surface area contributed by atoms with Crippen molar-refractivity contribution in [3.05, 3.63) is 54.1 Å². The maximum atomic E-state index is 14.1. The molecule has 1 fully saturated rings. The maximum Gasteiger partial charge on any atom is 0.237 e. The van der Waals surface area contributed by atoms with Gasteiger partial charge in [-0.05, 0) is 49.2 Å². The Morgan fingerprint density at radius 3 is 3.04 bits per heavy atom. The number of hydrogen-bond acceptors (Lipinski definition) is 4. The molecule has 0 saturated carbocycles. The molecule has 1 amide bonds. The first-order chi connectivity index (χ1) is 11.2. The van der Waals surface area contributed by atoms with Gasteiger partial charge in [0.25, 0.3) is 0 Å². The van der Waals surface area contributed by atoms with E-state index in [9.17, 15) is 9.18 Å². The molecule has 0 unspecified atom stereocenters. The van der Waals surface area contributed by atoms with Crippen molar-refractivity contribution < 1.29 is 13.9 Å². The van der Waals surface area contributed by atoms with Gasteiger partial charge in [0.05, 0.1) is 12.2 Å². The number of carbonyl (C=O) groups excluding carboxylic acids is 1. The first-order valence-corrected chi connectivity index (χ1v) is 7.60. The number of pyridine rings is 1. The summed E-state index contributed by atoms with van der Waals surface area (Å²) in [5.74, 6) is 0.0866. The third-order valence-corrected chi connectivity index (χ3v) is 3.70. The van der Waals surface area contributed by atoms with E-state index in [1.165, 1.54) is 12.3 Å². The highest BCUT2D eigenvalue weighted by atomic mass is 19.1. The van der Waals surface area contributed by atoms with Crippen molar-refractivity contribution in [2.75, 3.05) is 6.54 Å². The molecule has 6 heteroatoms. The van der Waals surface area contributed by atoms with Crippen molar-refractivity contribution >= 4 is 5.91 Å². The molecule has 23 heavy (non-hydrogen) atoms. The van der Waals surface area contributed by atoms with Gasteiger partial charge in [0, 0.05) is 12.7 Å². The summed E-state index contributed by atoms with van der Waals surface area (Å²) in [6.45, 7) is 1.16. The average molecular weight is 315 g/mol. The lowest BCUT2D eigenvalue weighted by molar-refractivity contribution is -0.122. The topological polar surface area (TPSA) is 63.2 Å². The molecule has 1 atom stereocenters. The molecule has 120 valence electrons. The summed E-state index contributed by atoms with van der Waals surface area (Å²) in [7, 11) is 0. The van der Waals surface area contributed by atoms with Crippen LogP contribution in [0.2, 0.25) is 0 Å². The number of hydrogen-bond donors (Lipinski definition) is 2. The minimum atomic E-state index is -0.473. The Bertz CT molecular complexity index is 673. The number of aromatic nitrogens is 1. The van der Waals surface area contributed by atoms with E-state index in [-0.39, 0.29) is 17.7 Å². The fourth-order valence-electron chi connectivity index (χ4n) is 2.49. The van der Waals surface area contributed by atoms with Crippen LogP contribution in [0.5, 0.6) is 11.5 Å². The van der Waals surface area contributed by atoms with Crippen LogP contribution in [-0.4, -0.2) is 23.5 Å². The average Bonchev–Trinajstić information content (AvgIpc) is 3.10. The number of carbonyl (C=O) groups is 1. The van der Waals surface area contributed by atoms with Crippen molar-refractivity contribution in [1.82, 2.24) is 15.6 Å². The quantitative estimate of drug-likeness (QED) is 0.889. The Hall–Kier alpha value is -2.47. The molecule has 1 aromatic carbocycles. The van der Waals surface area contributed by atoms with Crippen LogP contribution in [0.25, 0.3) is 0 Å². The zero-order valence-electron chi connectivity index (χ0n) is 12.6. The maximum absolute atomic E-state index is 14.1. The van der Waals surface area contributed by atoms with Gasteiger partial charge in [-0.2, -0.15) is 0 Å². The van der Waals surface area contributed by atoms with Crippen molar-refractivity contribution in [2.45, 2.75) is 25.4 Å². The van der Waals surface area contributed by atoms with Gasteiger partial charge in [-0.15, -0.1) is 0 Å². The van der Waals surface area contributed by atoms with Crippen LogP contribution in [0.3, 0.4) is 0 Å². The van der Waals surface area contributed by atoms with Crippen LogP contribution in [0, 0.1) is 5.82 Å². The van der Waals surface area contributed by atoms with E-state index >= 15 is 0 Å². The van der Waals surface area contributed by atoms with Gasteiger partial charge >= 0.3 is 0 Å². The minimum absolute atomic E-state index is 0.0430. The van der Waals surface area contributed by atoms with Crippen LogP contribution in [0.15, 0.2) is 42.7 Å². The van der Waals surface area contributed by atoms with E-state index in [1.54, 1.807) is 30.5 Å². The summed E-state index contributed by atoms with van der Waals surface area (Å²) in [5, 5.41) is 5.95. The molecule has 1 aliphatic heterocycles. The van der Waals surface area contributed by atoms with Gasteiger partial charge in [-0.3, -0.25) is 9.78 Å². The monoisotopic (exact) mass is 315 g/mol. The molecular weight excluding hydrogens is 297 g/mol. The number of nitrogens with zero attached hydrogens (tertiary/aromatic N) is 1. The zero-order chi connectivity index (χ0) is 16.1. The number of nitrogens with one attached hydrogen (secondary N) is 2. The summed E-state index contributed by atoms with van der Waals surface area (Å²) in [5.41, 5.74) is 0.687. The van der Waals surface area contributed by atoms with E-state index in [1.807, 2.05) is 0 Å². The lowest BCUT2D eigenvalue weighted by Crippen LogP contribution is -2.40. The fraction of sp³-hybridized carbons (Fsp3) is 0.294. The van der Waals surface area contributed by atoms with Crippen LogP contribution in [0.1, 0.15) is 18.4 Å². The molecule has 3 rings (SSSR count). The van der Waals surface area contributed by atoms with Crippen LogP contribution < -0.4 is 15.4 Å². The first kappa shape index (κ1) is 15.4. The lowest BCUT2D eigenvalue weighted by atomic mass is 10.2. The highest BCUT2D eigenvalue weighted by molar-refractivity contribution is 5.81. The number of ether oxygens (including phenoxy) is 1. The van der Waals surface area contributed by atoms with E-state index < -0.39 is 5.82 Å². The summed E-state index contributed by atoms with van der Waals surface area (Å²) in [4.78, 5) is 15.8. The summed E-state index contributed by atoms with van der Waals surface area (Å²) >= 11 is 0. The van der Waals surface area contributed by atoms with Crippen molar-refractivity contribution in [3.8, 4) is 11.5 Å². The van der Waals surface area contributed by atoms with Crippen molar-refractivity contribution in [2.24, 2.45) is 0 Å². The van der Waals surface area contributed by atoms with Crippen LogP contribution >= 0.6 is 0 Å². The smallest absolute Gasteiger partial charge is 0.237 e. The molecule has 2 aromatic rings. The number of rotatable bonds is 5. The summed E-state index contributed by atoms with van der Waals surface area (Å²) in [6.07, 6.45) is 4.99. The van der Waals surface area contributed by atoms with Crippen LogP contribution in [0.4, 0.5) is 4.39 Å². The second kappa shape index (κ2) is 7.19. The predicted octanol–water partition coefficient (Wildman–Crippen LogP) is 2.38. The molecule has 5 nitrogen and oxygen atoms in total. The number of amides is 1. The molecule has 0 aliphatic carbocycles. The molecule has 1 saturated heterocycles. The van der Waals surface area contributed by atoms with Crippen molar-refractivity contribution in [1.29, 1.82) is 0 Å². The van der Waals surface area contributed by atoms with E-state index in [4.69, 9.17) is 4.74 Å². The molecular formula is C17H18FN3O2. The SMILES string of the molecule is O=C(NCc1ccc(Oc2cccnc2)c(F)c1)[C@@H]1CCCN1. The lowest BCUT2D eigenvalue weighted by Gasteiger charge is -2.12. The Morgan fingerprint density at radius 1 is 1.43 bits per heavy atom. The molecule has 1 aliphatic rings. The number of halogens is 1. The molecule has 2 heterocycles. The van der Waals surface area contributed by atoms with Crippen molar-refractivity contribution in [3.63, 3.8) is 0 Å². The molecule has 0 bridgehead atoms. The Labute approximate surface area is 133 Å². The Balaban J connectivity index is 1.59. The van der Waals surface area contributed by atoms with Gasteiger partial charge in [0.1, 0.15) is 5.75 Å². The third kappa shape index (κ3) is 4.04. The normalized spacial score (nSPS) is 17.0. The van der Waals surface area contributed by atoms with Gasteiger partial charge < -0.3 is 15.4 Å². The third-order valence-electron chi connectivity index (χ3n) is 3.70. The number of benzene rings is 1. The first-order valence-electron chi connectivity index (χ1n) is 7.60. The Morgan fingerprint density at radius 2 is 2.35 bits per heavy atom. The van der Waals surface area contributed by atoms with Gasteiger partial charge in [-0.25, -0.2) is 4.39 Å². The van der Waals surface area contributed by atoms with Crippen LogP contribution in [-0.2, 0) is 11.3 Å². The predicted molar refractivity (Wildman–Crippen MR) is 83.6 cm³/mol. The zero-order valence-corrected chi connectivity index (χ0v) is 12.6. The summed E-state index contributed by atoms with van der Waals surface area (Å²) in [6, 6.07) is 7.94. The second-order valence-corrected chi connectivity index (χ2v) is 5.42. The van der Waals surface area contributed by atoms with E-state index in [2.05, 4.69) is 15.6 Å². The highest BCUT2D eigenvalue weighted by Gasteiger charge is 2.21. The minimum Gasteiger partial charge on any atom is -0.453 e. The second-order valence-electron chi connectivity index (χ2n) is 5.42. The molecule has 0 radical (unpaired) electrons. The van der Waals surface area contributed by atoms with Gasteiger partial charge in [-0.1, -0.05) is 6.07 Å². The largest absolute Gasteiger partial charge is 0.453 e. The standard InChI is InChI=1S/C17H18FN3O2/c18-14-9-12(10-21-17(22)15-4-2-8-20-15)5-6-16(14)23-13-3-1-7-19-11-13/h1,3,5-7,9,11,15,20H,2,4,8,10H2,(H,21,22)/t15-/m0/s1. The van der Waals surface area contributed by atoms with Gasteiger partial charge in [0.2, 0.25) is 5.91 Å². The summed E-state index contributed by atoms with van der Waals surface area (Å²) < 4.78 is 19.5.